The smallest absolute Gasteiger partial charge is 0.0694 e. The summed E-state index contributed by atoms with van der Waals surface area (Å²) in [5, 5.41) is 10.4. The Labute approximate surface area is 126 Å². The molecule has 0 bridgehead atoms. The molecule has 20 heavy (non-hydrogen) atoms. The molecule has 0 aliphatic carbocycles. The molecule has 110 valence electrons. The molecule has 2 rings (SSSR count). The first-order valence-electron chi connectivity index (χ1n) is 7.41. The van der Waals surface area contributed by atoms with Crippen LogP contribution in [0.1, 0.15) is 61.7 Å². The van der Waals surface area contributed by atoms with Crippen molar-refractivity contribution in [3.05, 3.63) is 39.8 Å². The van der Waals surface area contributed by atoms with Gasteiger partial charge >= 0.3 is 0 Å². The highest BCUT2D eigenvalue weighted by atomic mass is 32.1. The van der Waals surface area contributed by atoms with E-state index < -0.39 is 0 Å². The molecule has 0 saturated heterocycles. The Kier molecular flexibility index (Phi) is 5.38. The highest BCUT2D eigenvalue weighted by Crippen LogP contribution is 2.24. The van der Waals surface area contributed by atoms with E-state index in [1.165, 1.54) is 29.0 Å². The van der Waals surface area contributed by atoms with Crippen molar-refractivity contribution in [3.8, 4) is 0 Å². The Bertz CT molecular complexity index is 514. The molecule has 0 fully saturated rings. The van der Waals surface area contributed by atoms with Crippen LogP contribution in [0.4, 0.5) is 0 Å². The first kappa shape index (κ1) is 15.3. The van der Waals surface area contributed by atoms with Crippen LogP contribution in [0.5, 0.6) is 0 Å². The zero-order valence-electron chi connectivity index (χ0n) is 12.9. The normalized spacial score (nSPS) is 13.1. The van der Waals surface area contributed by atoms with Crippen molar-refractivity contribution in [3.63, 3.8) is 0 Å². The number of nitrogens with one attached hydrogen (secondary N) is 1. The lowest BCUT2D eigenvalue weighted by molar-refractivity contribution is 0.498. The minimum Gasteiger partial charge on any atom is -0.305 e. The Morgan fingerprint density at radius 1 is 1.40 bits per heavy atom. The fourth-order valence-corrected chi connectivity index (χ4v) is 3.37. The van der Waals surface area contributed by atoms with Gasteiger partial charge in [-0.3, -0.25) is 4.68 Å². The maximum atomic E-state index is 4.58. The molecule has 2 aromatic rings. The highest BCUT2D eigenvalue weighted by Gasteiger charge is 2.15. The standard InChI is InChI=1S/C16H25N3S/c1-5-7-14(15-8-6-9-20-15)17-10-13-11-19(4)18-16(13)12(2)3/h6,8-9,11-12,14,17H,5,7,10H2,1-4H3. The molecular weight excluding hydrogens is 266 g/mol. The number of nitrogens with zero attached hydrogens (tertiary/aromatic N) is 2. The largest absolute Gasteiger partial charge is 0.305 e. The van der Waals surface area contributed by atoms with Crippen LogP contribution in [-0.4, -0.2) is 9.78 Å². The summed E-state index contributed by atoms with van der Waals surface area (Å²) in [7, 11) is 2.00. The maximum absolute atomic E-state index is 4.58. The molecule has 1 N–H and O–H groups in total. The molecule has 1 atom stereocenters. The Morgan fingerprint density at radius 3 is 2.80 bits per heavy atom. The summed E-state index contributed by atoms with van der Waals surface area (Å²) < 4.78 is 1.92. The van der Waals surface area contributed by atoms with Crippen LogP contribution in [0.15, 0.2) is 23.7 Å². The van der Waals surface area contributed by atoms with Crippen molar-refractivity contribution >= 4 is 11.3 Å². The van der Waals surface area contributed by atoms with Crippen LogP contribution in [0.3, 0.4) is 0 Å². The number of aryl methyl sites for hydroxylation is 1. The van der Waals surface area contributed by atoms with Gasteiger partial charge in [-0.2, -0.15) is 5.10 Å². The summed E-state index contributed by atoms with van der Waals surface area (Å²) in [6.07, 6.45) is 4.51. The van der Waals surface area contributed by atoms with E-state index in [0.29, 0.717) is 12.0 Å². The first-order chi connectivity index (χ1) is 9.61. The average Bonchev–Trinajstić information content (AvgIpc) is 3.03. The van der Waals surface area contributed by atoms with Crippen molar-refractivity contribution < 1.29 is 0 Å². The van der Waals surface area contributed by atoms with Gasteiger partial charge in [0.25, 0.3) is 0 Å². The zero-order chi connectivity index (χ0) is 14.5. The number of hydrogen-bond donors (Lipinski definition) is 1. The summed E-state index contributed by atoms with van der Waals surface area (Å²) in [6.45, 7) is 7.54. The second-order valence-electron chi connectivity index (χ2n) is 5.61. The first-order valence-corrected chi connectivity index (χ1v) is 8.29. The van der Waals surface area contributed by atoms with E-state index in [4.69, 9.17) is 0 Å². The van der Waals surface area contributed by atoms with E-state index in [-0.39, 0.29) is 0 Å². The van der Waals surface area contributed by atoms with E-state index >= 15 is 0 Å². The van der Waals surface area contributed by atoms with Crippen LogP contribution in [0.2, 0.25) is 0 Å². The fourth-order valence-electron chi connectivity index (χ4n) is 2.53. The number of rotatable bonds is 7. The minimum atomic E-state index is 0.459. The van der Waals surface area contributed by atoms with Gasteiger partial charge in [0.2, 0.25) is 0 Å². The molecule has 3 nitrogen and oxygen atoms in total. The van der Waals surface area contributed by atoms with Crippen molar-refractivity contribution in [1.29, 1.82) is 0 Å². The van der Waals surface area contributed by atoms with Gasteiger partial charge in [0, 0.05) is 36.3 Å². The Balaban J connectivity index is 2.06. The predicted octanol–water partition coefficient (Wildman–Crippen LogP) is 4.24. The number of thiophene rings is 1. The summed E-state index contributed by atoms with van der Waals surface area (Å²) in [6, 6.07) is 4.82. The third-order valence-corrected chi connectivity index (χ3v) is 4.47. The van der Waals surface area contributed by atoms with Crippen molar-refractivity contribution in [2.24, 2.45) is 7.05 Å². The van der Waals surface area contributed by atoms with Gasteiger partial charge in [0.05, 0.1) is 5.69 Å². The number of hydrogen-bond acceptors (Lipinski definition) is 3. The van der Waals surface area contributed by atoms with Crippen molar-refractivity contribution in [2.45, 2.75) is 52.1 Å². The monoisotopic (exact) mass is 291 g/mol. The second-order valence-corrected chi connectivity index (χ2v) is 6.58. The van der Waals surface area contributed by atoms with Crippen LogP contribution < -0.4 is 5.32 Å². The van der Waals surface area contributed by atoms with Crippen LogP contribution in [0, 0.1) is 0 Å². The quantitative estimate of drug-likeness (QED) is 0.827. The predicted molar refractivity (Wildman–Crippen MR) is 86.1 cm³/mol. The van der Waals surface area contributed by atoms with Crippen molar-refractivity contribution in [2.75, 3.05) is 0 Å². The topological polar surface area (TPSA) is 29.9 Å². The highest BCUT2D eigenvalue weighted by molar-refractivity contribution is 7.10. The summed E-state index contributed by atoms with van der Waals surface area (Å²) in [5.74, 6) is 0.472. The lowest BCUT2D eigenvalue weighted by Gasteiger charge is -2.17. The molecule has 2 heterocycles. The van der Waals surface area contributed by atoms with Gasteiger partial charge < -0.3 is 5.32 Å². The third-order valence-electron chi connectivity index (χ3n) is 3.49. The van der Waals surface area contributed by atoms with E-state index in [2.05, 4.69) is 54.9 Å². The Hall–Kier alpha value is -1.13. The van der Waals surface area contributed by atoms with Crippen LogP contribution in [0.25, 0.3) is 0 Å². The van der Waals surface area contributed by atoms with Gasteiger partial charge in [-0.25, -0.2) is 0 Å². The lowest BCUT2D eigenvalue weighted by Crippen LogP contribution is -2.20. The molecule has 0 amide bonds. The van der Waals surface area contributed by atoms with Gasteiger partial charge in [-0.15, -0.1) is 11.3 Å². The second kappa shape index (κ2) is 7.04. The molecule has 4 heteroatoms. The molecule has 0 aromatic carbocycles. The van der Waals surface area contributed by atoms with Gasteiger partial charge in [-0.1, -0.05) is 33.3 Å². The maximum Gasteiger partial charge on any atom is 0.0694 e. The van der Waals surface area contributed by atoms with E-state index in [1.807, 2.05) is 23.1 Å². The average molecular weight is 291 g/mol. The summed E-state index contributed by atoms with van der Waals surface area (Å²) >= 11 is 1.84. The van der Waals surface area contributed by atoms with Gasteiger partial charge in [-0.05, 0) is 23.8 Å². The lowest BCUT2D eigenvalue weighted by atomic mass is 10.1. The van der Waals surface area contributed by atoms with E-state index in [1.54, 1.807) is 0 Å². The molecule has 2 aromatic heterocycles. The molecule has 0 saturated carbocycles. The van der Waals surface area contributed by atoms with E-state index in [9.17, 15) is 0 Å². The molecule has 0 radical (unpaired) electrons. The SMILES string of the molecule is CCCC(NCc1cn(C)nc1C(C)C)c1cccs1. The van der Waals surface area contributed by atoms with E-state index in [0.717, 1.165) is 6.54 Å². The van der Waals surface area contributed by atoms with Gasteiger partial charge in [0.15, 0.2) is 0 Å². The molecule has 0 aliphatic heterocycles. The fraction of sp³-hybridized carbons (Fsp3) is 0.562. The van der Waals surface area contributed by atoms with Gasteiger partial charge in [0.1, 0.15) is 0 Å². The Morgan fingerprint density at radius 2 is 2.20 bits per heavy atom. The molecular formula is C16H25N3S. The molecule has 0 aliphatic rings. The summed E-state index contributed by atoms with van der Waals surface area (Å²) in [4.78, 5) is 1.43. The number of aromatic nitrogens is 2. The zero-order valence-corrected chi connectivity index (χ0v) is 13.7. The molecule has 0 spiro atoms. The molecule has 1 unspecified atom stereocenters. The van der Waals surface area contributed by atoms with Crippen molar-refractivity contribution in [1.82, 2.24) is 15.1 Å². The summed E-state index contributed by atoms with van der Waals surface area (Å²) in [5.41, 5.74) is 2.53. The minimum absolute atomic E-state index is 0.459. The third kappa shape index (κ3) is 3.70. The van der Waals surface area contributed by atoms with Crippen LogP contribution in [-0.2, 0) is 13.6 Å². The van der Waals surface area contributed by atoms with Crippen LogP contribution >= 0.6 is 11.3 Å².